The Morgan fingerprint density at radius 3 is 2.47 bits per heavy atom. The van der Waals surface area contributed by atoms with Crippen LogP contribution in [0.1, 0.15) is 72.4 Å². The summed E-state index contributed by atoms with van der Waals surface area (Å²) in [5.41, 5.74) is -0.122. The summed E-state index contributed by atoms with van der Waals surface area (Å²) < 4.78 is 48.5. The van der Waals surface area contributed by atoms with Crippen LogP contribution >= 0.6 is 11.3 Å². The van der Waals surface area contributed by atoms with E-state index < -0.39 is 35.0 Å². The zero-order valence-corrected chi connectivity index (χ0v) is 21.7. The molecular weight excluding hydrogens is 495 g/mol. The molecule has 3 N–H and O–H groups in total. The van der Waals surface area contributed by atoms with Gasteiger partial charge in [-0.25, -0.2) is 0 Å². The van der Waals surface area contributed by atoms with Crippen molar-refractivity contribution >= 4 is 11.3 Å². The molecule has 11 heteroatoms. The number of piperidine rings is 1. The average molecular weight is 532 g/mol. The predicted octanol–water partition coefficient (Wildman–Crippen LogP) is 3.82. The zero-order valence-electron chi connectivity index (χ0n) is 20.9. The fourth-order valence-electron chi connectivity index (χ4n) is 5.45. The lowest BCUT2D eigenvalue weighted by Crippen LogP contribution is -2.50. The number of thiophene rings is 1. The van der Waals surface area contributed by atoms with Crippen molar-refractivity contribution < 1.29 is 33.2 Å². The van der Waals surface area contributed by atoms with Crippen LogP contribution in [0, 0.1) is 0 Å². The Balaban J connectivity index is 0.00000148. The highest BCUT2D eigenvalue weighted by molar-refractivity contribution is 7.12. The molecule has 1 saturated heterocycles. The number of aromatic nitrogens is 2. The van der Waals surface area contributed by atoms with E-state index in [1.165, 1.54) is 0 Å². The lowest BCUT2D eigenvalue weighted by Gasteiger charge is -2.43. The molecule has 2 fully saturated rings. The van der Waals surface area contributed by atoms with Gasteiger partial charge in [0.05, 0.1) is 31.6 Å². The van der Waals surface area contributed by atoms with Crippen molar-refractivity contribution in [2.75, 3.05) is 19.7 Å². The van der Waals surface area contributed by atoms with Crippen LogP contribution in [0.15, 0.2) is 12.4 Å². The van der Waals surface area contributed by atoms with Crippen LogP contribution in [-0.4, -0.2) is 61.4 Å². The molecule has 202 valence electrons. The third-order valence-corrected chi connectivity index (χ3v) is 9.14. The van der Waals surface area contributed by atoms with Crippen molar-refractivity contribution in [3.05, 3.63) is 38.8 Å². The van der Waals surface area contributed by atoms with Crippen LogP contribution in [0.3, 0.4) is 0 Å². The first-order valence-corrected chi connectivity index (χ1v) is 13.6. The van der Waals surface area contributed by atoms with Gasteiger partial charge in [-0.05, 0) is 44.1 Å². The smallest absolute Gasteiger partial charge is 0.392 e. The molecule has 3 aliphatic rings. The average Bonchev–Trinajstić information content (AvgIpc) is 3.45. The third-order valence-electron chi connectivity index (χ3n) is 7.63. The summed E-state index contributed by atoms with van der Waals surface area (Å²) in [6, 6.07) is 0. The van der Waals surface area contributed by atoms with Crippen molar-refractivity contribution in [3.63, 3.8) is 0 Å². The molecule has 0 radical (unpaired) electrons. The number of rotatable bonds is 6. The largest absolute Gasteiger partial charge is 0.425 e. The Labute approximate surface area is 213 Å². The van der Waals surface area contributed by atoms with Crippen molar-refractivity contribution in [2.24, 2.45) is 0 Å². The first-order valence-electron chi connectivity index (χ1n) is 12.7. The van der Waals surface area contributed by atoms with Crippen molar-refractivity contribution in [2.45, 2.75) is 95.6 Å². The molecule has 4 heterocycles. The number of halogens is 3. The second kappa shape index (κ2) is 10.7. The van der Waals surface area contributed by atoms with Crippen LogP contribution in [0.4, 0.5) is 13.2 Å². The van der Waals surface area contributed by atoms with Gasteiger partial charge in [0.2, 0.25) is 0 Å². The molecule has 2 aromatic rings. The lowest BCUT2D eigenvalue weighted by atomic mass is 9.76. The molecule has 1 saturated carbocycles. The Kier molecular flexibility index (Phi) is 8.19. The number of ether oxygens (including phenoxy) is 1. The Hall–Kier alpha value is -1.50. The molecule has 7 nitrogen and oxygen atoms in total. The van der Waals surface area contributed by atoms with Gasteiger partial charge in [-0.3, -0.25) is 9.58 Å². The van der Waals surface area contributed by atoms with Gasteiger partial charge < -0.3 is 20.1 Å². The number of hydrogen-bond donors (Lipinski definition) is 3. The second-order valence-corrected chi connectivity index (χ2v) is 10.8. The highest BCUT2D eigenvalue weighted by atomic mass is 32.1. The first-order chi connectivity index (χ1) is 17.1. The van der Waals surface area contributed by atoms with Crippen LogP contribution in [0.5, 0.6) is 0 Å². The van der Waals surface area contributed by atoms with E-state index in [4.69, 9.17) is 4.74 Å². The zero-order chi connectivity index (χ0) is 26.1. The molecule has 5 rings (SSSR count). The molecule has 1 atom stereocenters. The Morgan fingerprint density at radius 1 is 1.19 bits per heavy atom. The van der Waals surface area contributed by atoms with Gasteiger partial charge in [0.15, 0.2) is 0 Å². The van der Waals surface area contributed by atoms with Crippen molar-refractivity contribution in [1.29, 1.82) is 0 Å². The summed E-state index contributed by atoms with van der Waals surface area (Å²) in [6.45, 7) is 5.96. The maximum absolute atomic E-state index is 13.6. The fourth-order valence-corrected chi connectivity index (χ4v) is 6.88. The van der Waals surface area contributed by atoms with Gasteiger partial charge in [-0.1, -0.05) is 13.8 Å². The second-order valence-electron chi connectivity index (χ2n) is 9.79. The highest BCUT2D eigenvalue weighted by Gasteiger charge is 2.47. The van der Waals surface area contributed by atoms with Gasteiger partial charge in [-0.15, -0.1) is 11.3 Å². The summed E-state index contributed by atoms with van der Waals surface area (Å²) in [7, 11) is 0. The minimum atomic E-state index is -4.48. The molecule has 2 aromatic heterocycles. The number of aliphatic hydroxyl groups is 3. The minimum absolute atomic E-state index is 0.0127. The molecule has 1 unspecified atom stereocenters. The SMILES string of the molecule is CC.OCc1c(C(F)(F)F)sc2c1CCOC21CCN(Cc2cnn(CC(O)C3(O)CCC3)c2)CC1. The van der Waals surface area contributed by atoms with Crippen LogP contribution in [0.25, 0.3) is 0 Å². The summed E-state index contributed by atoms with van der Waals surface area (Å²) in [5, 5.41) is 34.6. The highest BCUT2D eigenvalue weighted by Crippen LogP contribution is 2.50. The fraction of sp³-hybridized carbons (Fsp3) is 0.720. The van der Waals surface area contributed by atoms with Crippen LogP contribution in [0.2, 0.25) is 0 Å². The molecule has 0 amide bonds. The van der Waals surface area contributed by atoms with E-state index >= 15 is 0 Å². The third kappa shape index (κ3) is 5.23. The minimum Gasteiger partial charge on any atom is -0.392 e. The molecule has 2 aliphatic heterocycles. The molecule has 36 heavy (non-hydrogen) atoms. The molecular formula is C25H36F3N3O4S. The standard InChI is InChI=1S/C23H30F3N3O4S.C2H6/c24-23(25,26)20-17(14-30)16-2-9-33-22(19(16)34-20)5-7-28(8-6-22)11-15-10-27-29(12-15)13-18(31)21(32)3-1-4-21;1-2/h10,12,18,30-32H,1-9,11,13-14H2;1-2H3. The number of nitrogens with zero attached hydrogens (tertiary/aromatic N) is 3. The van der Waals surface area contributed by atoms with Gasteiger partial charge in [-0.2, -0.15) is 18.3 Å². The van der Waals surface area contributed by atoms with Crippen molar-refractivity contribution in [3.8, 4) is 0 Å². The van der Waals surface area contributed by atoms with E-state index in [1.807, 2.05) is 20.0 Å². The number of aliphatic hydroxyl groups excluding tert-OH is 2. The quantitative estimate of drug-likeness (QED) is 0.525. The van der Waals surface area contributed by atoms with E-state index in [0.29, 0.717) is 68.8 Å². The topological polar surface area (TPSA) is 91.0 Å². The van der Waals surface area contributed by atoms with E-state index in [1.54, 1.807) is 10.9 Å². The first kappa shape index (κ1) is 27.5. The molecule has 0 bridgehead atoms. The number of hydrogen-bond acceptors (Lipinski definition) is 7. The Morgan fingerprint density at radius 2 is 1.89 bits per heavy atom. The summed E-state index contributed by atoms with van der Waals surface area (Å²) in [4.78, 5) is 2.16. The van der Waals surface area contributed by atoms with Crippen LogP contribution < -0.4 is 0 Å². The van der Waals surface area contributed by atoms with E-state index in [2.05, 4.69) is 10.00 Å². The summed E-state index contributed by atoms with van der Waals surface area (Å²) in [6.07, 6.45) is 1.99. The maximum Gasteiger partial charge on any atom is 0.425 e. The van der Waals surface area contributed by atoms with Crippen molar-refractivity contribution in [1.82, 2.24) is 14.7 Å². The van der Waals surface area contributed by atoms with E-state index in [9.17, 15) is 28.5 Å². The summed E-state index contributed by atoms with van der Waals surface area (Å²) in [5.74, 6) is 0. The van der Waals surface area contributed by atoms with Gasteiger partial charge >= 0.3 is 6.18 Å². The summed E-state index contributed by atoms with van der Waals surface area (Å²) >= 11 is 0.736. The van der Waals surface area contributed by atoms with Crippen LogP contribution in [-0.2, 0) is 42.6 Å². The Bertz CT molecular complexity index is 1030. The van der Waals surface area contributed by atoms with Gasteiger partial charge in [0, 0.05) is 41.8 Å². The van der Waals surface area contributed by atoms with E-state index in [-0.39, 0.29) is 12.1 Å². The van der Waals surface area contributed by atoms with E-state index in [0.717, 1.165) is 23.3 Å². The molecule has 0 aromatic carbocycles. The normalized spacial score (nSPS) is 21.9. The van der Waals surface area contributed by atoms with Gasteiger partial charge in [0.1, 0.15) is 16.6 Å². The lowest BCUT2D eigenvalue weighted by molar-refractivity contribution is -0.135. The number of alkyl halides is 3. The number of fused-ring (bicyclic) bond motifs is 2. The maximum atomic E-state index is 13.6. The monoisotopic (exact) mass is 531 g/mol. The molecule has 1 aliphatic carbocycles. The molecule has 1 spiro atoms. The number of likely N-dealkylation sites (tertiary alicyclic amines) is 1. The predicted molar refractivity (Wildman–Crippen MR) is 129 cm³/mol. The van der Waals surface area contributed by atoms with Gasteiger partial charge in [0.25, 0.3) is 0 Å².